The molecular weight excluding hydrogens is 268 g/mol. The first-order valence-corrected chi connectivity index (χ1v) is 4.90. The van der Waals surface area contributed by atoms with E-state index in [1.165, 1.54) is 0 Å². The molecule has 1 heterocycles. The number of hydrogen-bond donors (Lipinski definition) is 3. The molecule has 1 unspecified atom stereocenters. The lowest BCUT2D eigenvalue weighted by Gasteiger charge is -2.11. The molecule has 1 rings (SSSR count). The van der Waals surface area contributed by atoms with Crippen LogP contribution in [0.15, 0.2) is 12.3 Å². The minimum atomic E-state index is -3.01. The maximum absolute atomic E-state index is 12.0. The Kier molecular flexibility index (Phi) is 4.64. The van der Waals surface area contributed by atoms with Crippen molar-refractivity contribution in [3.63, 3.8) is 0 Å². The van der Waals surface area contributed by atoms with Crippen molar-refractivity contribution in [1.29, 1.82) is 0 Å². The quantitative estimate of drug-likeness (QED) is 0.516. The number of halogens is 2. The lowest BCUT2D eigenvalue weighted by molar-refractivity contribution is -0.384. The van der Waals surface area contributed by atoms with Gasteiger partial charge in [0.2, 0.25) is 5.82 Å². The highest BCUT2D eigenvalue weighted by Gasteiger charge is 2.21. The molecular formula is C9H9F2N3O5. The number of carboxylic acid groups (broad SMARTS) is 1. The summed E-state index contributed by atoms with van der Waals surface area (Å²) in [5.74, 6) is -1.80. The van der Waals surface area contributed by atoms with E-state index in [9.17, 15) is 23.7 Å². The molecule has 0 amide bonds. The summed E-state index contributed by atoms with van der Waals surface area (Å²) >= 11 is 0. The van der Waals surface area contributed by atoms with Crippen LogP contribution in [0.4, 0.5) is 20.3 Å². The zero-order chi connectivity index (χ0) is 14.6. The second-order valence-corrected chi connectivity index (χ2v) is 3.44. The highest BCUT2D eigenvalue weighted by Crippen LogP contribution is 2.22. The van der Waals surface area contributed by atoms with Gasteiger partial charge in [0.1, 0.15) is 6.10 Å². The van der Waals surface area contributed by atoms with Gasteiger partial charge in [0.25, 0.3) is 6.43 Å². The van der Waals surface area contributed by atoms with Crippen molar-refractivity contribution in [2.45, 2.75) is 12.5 Å². The standard InChI is InChI=1S/C9H9F2N3O5/c10-7(11)6(15)3-13-8-5(14(18)19)1-4(2-12-8)9(16)17/h1-2,6-7,15H,3H2,(H,12,13)(H,16,17). The lowest BCUT2D eigenvalue weighted by Crippen LogP contribution is -2.27. The number of hydrogen-bond acceptors (Lipinski definition) is 6. The average Bonchev–Trinajstić information content (AvgIpc) is 2.35. The first-order chi connectivity index (χ1) is 8.82. The number of aliphatic hydroxyl groups excluding tert-OH is 1. The largest absolute Gasteiger partial charge is 0.478 e. The summed E-state index contributed by atoms with van der Waals surface area (Å²) in [5, 5.41) is 30.4. The number of aliphatic hydroxyl groups is 1. The van der Waals surface area contributed by atoms with Crippen LogP contribution >= 0.6 is 0 Å². The number of pyridine rings is 1. The Morgan fingerprint density at radius 3 is 2.68 bits per heavy atom. The number of anilines is 1. The molecule has 0 aromatic carbocycles. The minimum absolute atomic E-state index is 0.394. The van der Waals surface area contributed by atoms with Gasteiger partial charge in [-0.2, -0.15) is 0 Å². The van der Waals surface area contributed by atoms with Crippen LogP contribution in [0.3, 0.4) is 0 Å². The first kappa shape index (κ1) is 14.7. The van der Waals surface area contributed by atoms with Crippen molar-refractivity contribution in [3.8, 4) is 0 Å². The molecule has 1 atom stereocenters. The molecule has 0 radical (unpaired) electrons. The van der Waals surface area contributed by atoms with Crippen molar-refractivity contribution in [3.05, 3.63) is 27.9 Å². The molecule has 104 valence electrons. The fourth-order valence-electron chi connectivity index (χ4n) is 1.14. The van der Waals surface area contributed by atoms with E-state index in [2.05, 4.69) is 10.3 Å². The molecule has 0 saturated carbocycles. The number of carbonyl (C=O) groups is 1. The van der Waals surface area contributed by atoms with Gasteiger partial charge in [-0.1, -0.05) is 0 Å². The highest BCUT2D eigenvalue weighted by molar-refractivity contribution is 5.88. The maximum atomic E-state index is 12.0. The van der Waals surface area contributed by atoms with E-state index in [-0.39, 0.29) is 0 Å². The van der Waals surface area contributed by atoms with Crippen molar-refractivity contribution < 1.29 is 28.7 Å². The number of rotatable bonds is 6. The maximum Gasteiger partial charge on any atom is 0.337 e. The summed E-state index contributed by atoms with van der Waals surface area (Å²) in [7, 11) is 0. The zero-order valence-corrected chi connectivity index (χ0v) is 9.29. The fourth-order valence-corrected chi connectivity index (χ4v) is 1.14. The predicted octanol–water partition coefficient (Wildman–Crippen LogP) is 0.726. The Bertz CT molecular complexity index is 497. The second kappa shape index (κ2) is 6.00. The molecule has 0 bridgehead atoms. The highest BCUT2D eigenvalue weighted by atomic mass is 19.3. The molecule has 3 N–H and O–H groups in total. The molecule has 0 aliphatic carbocycles. The third-order valence-electron chi connectivity index (χ3n) is 2.08. The van der Waals surface area contributed by atoms with Crippen LogP contribution < -0.4 is 5.32 Å². The Balaban J connectivity index is 2.94. The van der Waals surface area contributed by atoms with Crippen LogP contribution in [-0.2, 0) is 0 Å². The van der Waals surface area contributed by atoms with Crippen LogP contribution in [0.5, 0.6) is 0 Å². The van der Waals surface area contributed by atoms with Gasteiger partial charge in [0.05, 0.1) is 10.5 Å². The van der Waals surface area contributed by atoms with Gasteiger partial charge in [-0.05, 0) is 0 Å². The summed E-state index contributed by atoms with van der Waals surface area (Å²) in [6.07, 6.45) is -4.18. The summed E-state index contributed by atoms with van der Waals surface area (Å²) in [6.45, 7) is -0.655. The monoisotopic (exact) mass is 277 g/mol. The Morgan fingerprint density at radius 2 is 2.21 bits per heavy atom. The normalized spacial score (nSPS) is 12.2. The third-order valence-corrected chi connectivity index (χ3v) is 2.08. The molecule has 1 aromatic heterocycles. The molecule has 19 heavy (non-hydrogen) atoms. The van der Waals surface area contributed by atoms with E-state index in [4.69, 9.17) is 10.2 Å². The molecule has 0 aliphatic heterocycles. The van der Waals surface area contributed by atoms with Crippen LogP contribution in [0.25, 0.3) is 0 Å². The number of aromatic nitrogens is 1. The number of nitrogens with one attached hydrogen (secondary N) is 1. The Labute approximate surface area is 104 Å². The molecule has 1 aromatic rings. The molecule has 0 fully saturated rings. The summed E-state index contributed by atoms with van der Waals surface area (Å²) in [5.41, 5.74) is -1.09. The molecule has 0 spiro atoms. The predicted molar refractivity (Wildman–Crippen MR) is 58.4 cm³/mol. The van der Waals surface area contributed by atoms with Crippen molar-refractivity contribution >= 4 is 17.5 Å². The van der Waals surface area contributed by atoms with Crippen LogP contribution in [-0.4, -0.2) is 45.2 Å². The third kappa shape index (κ3) is 3.81. The fraction of sp³-hybridized carbons (Fsp3) is 0.333. The smallest absolute Gasteiger partial charge is 0.337 e. The zero-order valence-electron chi connectivity index (χ0n) is 9.29. The van der Waals surface area contributed by atoms with Crippen LogP contribution in [0.1, 0.15) is 10.4 Å². The van der Waals surface area contributed by atoms with E-state index >= 15 is 0 Å². The van der Waals surface area contributed by atoms with Gasteiger partial charge in [-0.3, -0.25) is 10.1 Å². The van der Waals surface area contributed by atoms with E-state index in [0.29, 0.717) is 0 Å². The van der Waals surface area contributed by atoms with E-state index in [0.717, 1.165) is 12.3 Å². The topological polar surface area (TPSA) is 126 Å². The minimum Gasteiger partial charge on any atom is -0.478 e. The van der Waals surface area contributed by atoms with E-state index in [1.54, 1.807) is 0 Å². The SMILES string of the molecule is O=C(O)c1cnc(NCC(O)C(F)F)c([N+](=O)[O-])c1. The first-order valence-electron chi connectivity index (χ1n) is 4.90. The number of nitrogens with zero attached hydrogens (tertiary/aromatic N) is 2. The van der Waals surface area contributed by atoms with Crippen molar-refractivity contribution in [2.75, 3.05) is 11.9 Å². The van der Waals surface area contributed by atoms with Gasteiger partial charge in [0.15, 0.2) is 0 Å². The lowest BCUT2D eigenvalue weighted by atomic mass is 10.2. The summed E-state index contributed by atoms with van der Waals surface area (Å²) < 4.78 is 24.1. The average molecular weight is 277 g/mol. The van der Waals surface area contributed by atoms with Gasteiger partial charge in [-0.15, -0.1) is 0 Å². The van der Waals surface area contributed by atoms with E-state index in [1.807, 2.05) is 0 Å². The van der Waals surface area contributed by atoms with Crippen LogP contribution in [0, 0.1) is 10.1 Å². The van der Waals surface area contributed by atoms with Gasteiger partial charge in [-0.25, -0.2) is 18.6 Å². The number of alkyl halides is 2. The second-order valence-electron chi connectivity index (χ2n) is 3.44. The number of aromatic carboxylic acids is 1. The Morgan fingerprint density at radius 1 is 1.58 bits per heavy atom. The van der Waals surface area contributed by atoms with Gasteiger partial charge in [0, 0.05) is 18.8 Å². The summed E-state index contributed by atoms with van der Waals surface area (Å²) in [4.78, 5) is 23.9. The molecule has 0 aliphatic rings. The number of carboxylic acids is 1. The summed E-state index contributed by atoms with van der Waals surface area (Å²) in [6, 6.07) is 0.742. The molecule has 10 heteroatoms. The number of nitro groups is 1. The van der Waals surface area contributed by atoms with Gasteiger partial charge >= 0.3 is 11.7 Å². The van der Waals surface area contributed by atoms with Crippen molar-refractivity contribution in [2.24, 2.45) is 0 Å². The Hall–Kier alpha value is -2.36. The van der Waals surface area contributed by atoms with E-state index < -0.39 is 47.0 Å². The van der Waals surface area contributed by atoms with Crippen molar-refractivity contribution in [1.82, 2.24) is 4.98 Å². The van der Waals surface area contributed by atoms with Gasteiger partial charge < -0.3 is 15.5 Å². The molecule has 8 nitrogen and oxygen atoms in total. The van der Waals surface area contributed by atoms with Crippen LogP contribution in [0.2, 0.25) is 0 Å². The molecule has 0 saturated heterocycles.